The lowest BCUT2D eigenvalue weighted by Crippen LogP contribution is -2.22. The number of hydrogen-bond donors (Lipinski definition) is 0. The second kappa shape index (κ2) is 5.44. The summed E-state index contributed by atoms with van der Waals surface area (Å²) in [6.07, 6.45) is 0. The predicted octanol–water partition coefficient (Wildman–Crippen LogP) is 3.92. The summed E-state index contributed by atoms with van der Waals surface area (Å²) in [4.78, 5) is 0. The van der Waals surface area contributed by atoms with Crippen molar-refractivity contribution in [1.82, 2.24) is 0 Å². The van der Waals surface area contributed by atoms with Crippen LogP contribution in [0.3, 0.4) is 0 Å². The Morgan fingerprint density at radius 2 is 1.40 bits per heavy atom. The van der Waals surface area contributed by atoms with Gasteiger partial charge in [0, 0.05) is 10.9 Å². The molecule has 2 aromatic carbocycles. The van der Waals surface area contributed by atoms with Crippen LogP contribution in [0.15, 0.2) is 48.5 Å². The Kier molecular flexibility index (Phi) is 3.66. The molecular weight excluding hydrogens is 268 g/mol. The third-order valence-electron chi connectivity index (χ3n) is 3.63. The average Bonchev–Trinajstić information content (AvgIpc) is 2.96. The zero-order valence-electron chi connectivity index (χ0n) is 11.3. The van der Waals surface area contributed by atoms with Crippen LogP contribution in [-0.4, -0.2) is 18.6 Å². The fraction of sp³-hybridized carbons (Fsp3) is 0.235. The van der Waals surface area contributed by atoms with Crippen molar-refractivity contribution in [3.8, 4) is 11.1 Å². The molecule has 102 valence electrons. The molecule has 1 aliphatic rings. The standard InChI is InChI=1S/C17H16O2S/c1-17(18-10-11-19-17)16-8-6-15(7-9-16)14-4-2-13(12-20)3-5-14/h2-9,12H,10-11H2,1H3. The maximum Gasteiger partial charge on any atom is 0.192 e. The number of rotatable bonds is 3. The molecule has 0 N–H and O–H groups in total. The molecule has 0 atom stereocenters. The topological polar surface area (TPSA) is 18.5 Å². The molecule has 0 saturated carbocycles. The quantitative estimate of drug-likeness (QED) is 0.796. The van der Waals surface area contributed by atoms with Gasteiger partial charge in [0.25, 0.3) is 0 Å². The van der Waals surface area contributed by atoms with Crippen molar-refractivity contribution in [3.63, 3.8) is 0 Å². The highest BCUT2D eigenvalue weighted by atomic mass is 32.1. The van der Waals surface area contributed by atoms with E-state index in [0.29, 0.717) is 13.2 Å². The maximum atomic E-state index is 5.66. The molecule has 0 spiro atoms. The normalized spacial score (nSPS) is 17.1. The van der Waals surface area contributed by atoms with Gasteiger partial charge in [-0.25, -0.2) is 0 Å². The predicted molar refractivity (Wildman–Crippen MR) is 83.9 cm³/mol. The van der Waals surface area contributed by atoms with Gasteiger partial charge in [-0.15, -0.1) is 0 Å². The molecule has 1 fully saturated rings. The Balaban J connectivity index is 1.86. The van der Waals surface area contributed by atoms with E-state index in [4.69, 9.17) is 21.7 Å². The van der Waals surface area contributed by atoms with E-state index in [0.717, 1.165) is 11.1 Å². The number of benzene rings is 2. The van der Waals surface area contributed by atoms with Crippen molar-refractivity contribution in [2.45, 2.75) is 12.7 Å². The number of ether oxygens (including phenoxy) is 2. The Morgan fingerprint density at radius 3 is 1.90 bits per heavy atom. The van der Waals surface area contributed by atoms with E-state index in [2.05, 4.69) is 36.4 Å². The van der Waals surface area contributed by atoms with Crippen LogP contribution in [-0.2, 0) is 15.3 Å². The van der Waals surface area contributed by atoms with Crippen molar-refractivity contribution in [3.05, 3.63) is 59.7 Å². The molecule has 0 aliphatic carbocycles. The van der Waals surface area contributed by atoms with Gasteiger partial charge in [-0.05, 0) is 23.6 Å². The van der Waals surface area contributed by atoms with Crippen LogP contribution < -0.4 is 0 Å². The van der Waals surface area contributed by atoms with Gasteiger partial charge in [0.15, 0.2) is 5.79 Å². The summed E-state index contributed by atoms with van der Waals surface area (Å²) in [5.41, 5.74) is 4.46. The molecule has 0 radical (unpaired) electrons. The third-order valence-corrected chi connectivity index (χ3v) is 3.90. The van der Waals surface area contributed by atoms with Crippen molar-refractivity contribution in [2.75, 3.05) is 13.2 Å². The van der Waals surface area contributed by atoms with Crippen LogP contribution in [0.2, 0.25) is 0 Å². The van der Waals surface area contributed by atoms with E-state index in [9.17, 15) is 0 Å². The highest BCUT2D eigenvalue weighted by Gasteiger charge is 2.32. The van der Waals surface area contributed by atoms with Gasteiger partial charge in [0.2, 0.25) is 0 Å². The van der Waals surface area contributed by atoms with Crippen LogP contribution in [0.4, 0.5) is 0 Å². The van der Waals surface area contributed by atoms with Crippen LogP contribution in [0, 0.1) is 0 Å². The van der Waals surface area contributed by atoms with Crippen molar-refractivity contribution in [1.29, 1.82) is 0 Å². The first-order valence-corrected chi connectivity index (χ1v) is 7.12. The SMILES string of the molecule is CC1(c2ccc(-c3ccc(C=S)cc3)cc2)OCCO1. The molecule has 0 aromatic heterocycles. The minimum atomic E-state index is -0.598. The van der Waals surface area contributed by atoms with E-state index in [1.165, 1.54) is 11.1 Å². The van der Waals surface area contributed by atoms with Gasteiger partial charge in [-0.3, -0.25) is 0 Å². The van der Waals surface area contributed by atoms with Gasteiger partial charge in [0.1, 0.15) is 0 Å². The Hall–Kier alpha value is -1.55. The lowest BCUT2D eigenvalue weighted by molar-refractivity contribution is -0.149. The molecule has 2 aromatic rings. The van der Waals surface area contributed by atoms with Crippen LogP contribution >= 0.6 is 12.2 Å². The molecule has 0 unspecified atom stereocenters. The highest BCUT2D eigenvalue weighted by Crippen LogP contribution is 2.32. The third kappa shape index (κ3) is 2.52. The first-order valence-electron chi connectivity index (χ1n) is 6.65. The molecule has 0 amide bonds. The van der Waals surface area contributed by atoms with Gasteiger partial charge in [-0.2, -0.15) is 0 Å². The first-order chi connectivity index (χ1) is 9.71. The number of thiocarbonyl (C=S) groups is 1. The van der Waals surface area contributed by atoms with E-state index in [1.807, 2.05) is 19.1 Å². The minimum Gasteiger partial charge on any atom is -0.344 e. The largest absolute Gasteiger partial charge is 0.344 e. The fourth-order valence-corrected chi connectivity index (χ4v) is 2.56. The summed E-state index contributed by atoms with van der Waals surface area (Å²) in [5, 5.41) is 1.68. The molecule has 0 bridgehead atoms. The zero-order valence-corrected chi connectivity index (χ0v) is 12.2. The van der Waals surface area contributed by atoms with Crippen LogP contribution in [0.25, 0.3) is 11.1 Å². The first kappa shape index (κ1) is 13.4. The zero-order chi connectivity index (χ0) is 14.0. The molecule has 2 nitrogen and oxygen atoms in total. The monoisotopic (exact) mass is 284 g/mol. The van der Waals surface area contributed by atoms with Gasteiger partial charge in [0.05, 0.1) is 13.2 Å². The average molecular weight is 284 g/mol. The van der Waals surface area contributed by atoms with Crippen LogP contribution in [0.1, 0.15) is 18.1 Å². The Morgan fingerprint density at radius 1 is 0.900 bits per heavy atom. The van der Waals surface area contributed by atoms with Gasteiger partial charge in [-0.1, -0.05) is 60.7 Å². The van der Waals surface area contributed by atoms with E-state index < -0.39 is 5.79 Å². The fourth-order valence-electron chi connectivity index (χ4n) is 2.40. The maximum absolute atomic E-state index is 5.66. The molecule has 1 aliphatic heterocycles. The van der Waals surface area contributed by atoms with Gasteiger partial charge >= 0.3 is 0 Å². The molecule has 1 saturated heterocycles. The highest BCUT2D eigenvalue weighted by molar-refractivity contribution is 7.79. The van der Waals surface area contributed by atoms with E-state index in [1.54, 1.807) is 5.37 Å². The second-order valence-electron chi connectivity index (χ2n) is 4.96. The minimum absolute atomic E-state index is 0.598. The summed E-state index contributed by atoms with van der Waals surface area (Å²) in [6, 6.07) is 16.5. The summed E-state index contributed by atoms with van der Waals surface area (Å²) < 4.78 is 11.3. The molecule has 1 heterocycles. The lowest BCUT2D eigenvalue weighted by atomic mass is 10.0. The molecule has 20 heavy (non-hydrogen) atoms. The Bertz CT molecular complexity index is 596. The molecular formula is C17H16O2S. The number of hydrogen-bond acceptors (Lipinski definition) is 3. The summed E-state index contributed by atoms with van der Waals surface area (Å²) >= 11 is 4.92. The summed E-state index contributed by atoms with van der Waals surface area (Å²) in [5.74, 6) is -0.598. The smallest absolute Gasteiger partial charge is 0.192 e. The lowest BCUT2D eigenvalue weighted by Gasteiger charge is -2.22. The van der Waals surface area contributed by atoms with Gasteiger partial charge < -0.3 is 9.47 Å². The molecule has 3 rings (SSSR count). The second-order valence-corrected chi connectivity index (χ2v) is 5.20. The van der Waals surface area contributed by atoms with E-state index >= 15 is 0 Å². The van der Waals surface area contributed by atoms with Crippen molar-refractivity contribution < 1.29 is 9.47 Å². The van der Waals surface area contributed by atoms with E-state index in [-0.39, 0.29) is 0 Å². The molecule has 3 heteroatoms. The van der Waals surface area contributed by atoms with Crippen molar-refractivity contribution in [2.24, 2.45) is 0 Å². The summed E-state index contributed by atoms with van der Waals surface area (Å²) in [6.45, 7) is 3.26. The summed E-state index contributed by atoms with van der Waals surface area (Å²) in [7, 11) is 0. The Labute approximate surface area is 124 Å². The van der Waals surface area contributed by atoms with Crippen molar-refractivity contribution >= 4 is 17.6 Å². The van der Waals surface area contributed by atoms with Crippen LogP contribution in [0.5, 0.6) is 0 Å².